The van der Waals surface area contributed by atoms with Gasteiger partial charge in [0.25, 0.3) is 6.43 Å². The molecule has 0 radical (unpaired) electrons. The van der Waals surface area contributed by atoms with Crippen LogP contribution in [0, 0.1) is 5.92 Å². The lowest BCUT2D eigenvalue weighted by atomic mass is 9.95. The molecule has 8 heteroatoms. The topological polar surface area (TPSA) is 80.1 Å². The van der Waals surface area contributed by atoms with Crippen molar-refractivity contribution in [1.29, 1.82) is 0 Å². The number of H-pyrrole nitrogens is 1. The number of anilines is 1. The number of rotatable bonds is 6. The summed E-state index contributed by atoms with van der Waals surface area (Å²) in [5.74, 6) is 1.77. The van der Waals surface area contributed by atoms with Gasteiger partial charge in [-0.3, -0.25) is 5.10 Å². The lowest BCUT2D eigenvalue weighted by molar-refractivity contribution is 0.0183. The first-order valence-corrected chi connectivity index (χ1v) is 6.84. The smallest absolute Gasteiger partial charge is 0.261 e. The standard InChI is InChI=1S/C12H21F2N5O/c1-8-2-4-19(6-9(8)15)12-16-11(17-18-12)3-5-20-7-10(13)14/h8-10H,2-7,15H2,1H3,(H,16,17,18). The summed E-state index contributed by atoms with van der Waals surface area (Å²) in [4.78, 5) is 6.39. The van der Waals surface area contributed by atoms with Gasteiger partial charge in [0.1, 0.15) is 12.4 Å². The van der Waals surface area contributed by atoms with Crippen molar-refractivity contribution in [2.24, 2.45) is 11.7 Å². The van der Waals surface area contributed by atoms with Crippen LogP contribution in [0.5, 0.6) is 0 Å². The minimum Gasteiger partial charge on any atom is -0.375 e. The van der Waals surface area contributed by atoms with Gasteiger partial charge < -0.3 is 15.4 Å². The zero-order valence-corrected chi connectivity index (χ0v) is 11.6. The number of hydrogen-bond acceptors (Lipinski definition) is 5. The van der Waals surface area contributed by atoms with Gasteiger partial charge in [-0.2, -0.15) is 4.98 Å². The molecule has 6 nitrogen and oxygen atoms in total. The van der Waals surface area contributed by atoms with E-state index in [0.29, 0.717) is 24.1 Å². The Morgan fingerprint density at radius 2 is 2.35 bits per heavy atom. The molecule has 0 bridgehead atoms. The number of aromatic nitrogens is 3. The van der Waals surface area contributed by atoms with Crippen molar-refractivity contribution >= 4 is 5.95 Å². The van der Waals surface area contributed by atoms with Crippen molar-refractivity contribution in [3.8, 4) is 0 Å². The maximum absolute atomic E-state index is 11.9. The normalized spacial score (nSPS) is 23.6. The van der Waals surface area contributed by atoms with E-state index in [-0.39, 0.29) is 12.6 Å². The van der Waals surface area contributed by atoms with Gasteiger partial charge in [0.05, 0.1) is 6.61 Å². The molecule has 0 spiro atoms. The van der Waals surface area contributed by atoms with Crippen LogP contribution in [-0.2, 0) is 11.2 Å². The van der Waals surface area contributed by atoms with Crippen molar-refractivity contribution in [2.75, 3.05) is 31.2 Å². The minimum atomic E-state index is -2.43. The van der Waals surface area contributed by atoms with Gasteiger partial charge in [0.2, 0.25) is 5.95 Å². The Morgan fingerprint density at radius 3 is 3.05 bits per heavy atom. The first kappa shape index (κ1) is 15.1. The molecular formula is C12H21F2N5O. The number of halogens is 2. The highest BCUT2D eigenvalue weighted by atomic mass is 19.3. The highest BCUT2D eigenvalue weighted by Crippen LogP contribution is 2.19. The van der Waals surface area contributed by atoms with E-state index in [1.807, 2.05) is 4.90 Å². The molecule has 114 valence electrons. The van der Waals surface area contributed by atoms with Crippen LogP contribution in [0.3, 0.4) is 0 Å². The Morgan fingerprint density at radius 1 is 1.55 bits per heavy atom. The molecule has 2 rings (SSSR count). The fourth-order valence-electron chi connectivity index (χ4n) is 2.16. The molecule has 20 heavy (non-hydrogen) atoms. The predicted octanol–water partition coefficient (Wildman–Crippen LogP) is 0.802. The number of alkyl halides is 2. The monoisotopic (exact) mass is 289 g/mol. The van der Waals surface area contributed by atoms with Crippen LogP contribution >= 0.6 is 0 Å². The molecule has 0 aliphatic carbocycles. The predicted molar refractivity (Wildman–Crippen MR) is 70.9 cm³/mol. The fourth-order valence-corrected chi connectivity index (χ4v) is 2.16. The summed E-state index contributed by atoms with van der Waals surface area (Å²) in [5, 5.41) is 6.95. The average Bonchev–Trinajstić information content (AvgIpc) is 2.86. The maximum Gasteiger partial charge on any atom is 0.261 e. The number of nitrogens with zero attached hydrogens (tertiary/aromatic N) is 3. The zero-order chi connectivity index (χ0) is 14.5. The van der Waals surface area contributed by atoms with E-state index in [9.17, 15) is 8.78 Å². The number of piperidine rings is 1. The number of nitrogens with one attached hydrogen (secondary N) is 1. The Balaban J connectivity index is 1.80. The van der Waals surface area contributed by atoms with Crippen LogP contribution in [0.1, 0.15) is 19.2 Å². The van der Waals surface area contributed by atoms with Crippen molar-refractivity contribution in [2.45, 2.75) is 32.2 Å². The van der Waals surface area contributed by atoms with E-state index in [1.165, 1.54) is 0 Å². The van der Waals surface area contributed by atoms with Crippen LogP contribution in [-0.4, -0.2) is 54.0 Å². The SMILES string of the molecule is CC1CCN(c2n[nH]c(CCOCC(F)F)n2)CC1N. The van der Waals surface area contributed by atoms with Gasteiger partial charge in [0, 0.05) is 25.6 Å². The third kappa shape index (κ3) is 4.11. The molecule has 1 saturated heterocycles. The molecule has 1 aromatic rings. The quantitative estimate of drug-likeness (QED) is 0.757. The summed E-state index contributed by atoms with van der Waals surface area (Å²) in [6.07, 6.45) is -0.976. The minimum absolute atomic E-state index is 0.125. The van der Waals surface area contributed by atoms with Crippen LogP contribution in [0.25, 0.3) is 0 Å². The van der Waals surface area contributed by atoms with E-state index >= 15 is 0 Å². The van der Waals surface area contributed by atoms with Gasteiger partial charge in [0.15, 0.2) is 0 Å². The lowest BCUT2D eigenvalue weighted by Crippen LogP contribution is -2.48. The zero-order valence-electron chi connectivity index (χ0n) is 11.6. The highest BCUT2D eigenvalue weighted by molar-refractivity contribution is 5.30. The summed E-state index contributed by atoms with van der Waals surface area (Å²) in [7, 11) is 0. The summed E-state index contributed by atoms with van der Waals surface area (Å²) < 4.78 is 28.6. The molecule has 3 N–H and O–H groups in total. The van der Waals surface area contributed by atoms with E-state index in [2.05, 4.69) is 22.1 Å². The first-order chi connectivity index (χ1) is 9.56. The maximum atomic E-state index is 11.9. The Hall–Kier alpha value is -1.28. The second kappa shape index (κ2) is 6.94. The number of hydrogen-bond donors (Lipinski definition) is 2. The Kier molecular flexibility index (Phi) is 5.24. The summed E-state index contributed by atoms with van der Waals surface area (Å²) in [6.45, 7) is 3.43. The molecule has 1 aliphatic heterocycles. The van der Waals surface area contributed by atoms with Crippen molar-refractivity contribution < 1.29 is 13.5 Å². The van der Waals surface area contributed by atoms with Crippen LogP contribution in [0.4, 0.5) is 14.7 Å². The molecule has 0 saturated carbocycles. The Labute approximate surface area is 116 Å². The van der Waals surface area contributed by atoms with Crippen LogP contribution < -0.4 is 10.6 Å². The molecule has 0 aromatic carbocycles. The van der Waals surface area contributed by atoms with Crippen molar-refractivity contribution in [3.63, 3.8) is 0 Å². The molecule has 1 fully saturated rings. The molecule has 2 unspecified atom stereocenters. The summed E-state index contributed by atoms with van der Waals surface area (Å²) in [5.41, 5.74) is 6.04. The van der Waals surface area contributed by atoms with Crippen LogP contribution in [0.15, 0.2) is 0 Å². The van der Waals surface area contributed by atoms with Gasteiger partial charge in [-0.05, 0) is 12.3 Å². The van der Waals surface area contributed by atoms with E-state index in [4.69, 9.17) is 10.5 Å². The third-order valence-corrected chi connectivity index (χ3v) is 3.55. The Bertz CT molecular complexity index is 414. The van der Waals surface area contributed by atoms with E-state index < -0.39 is 13.0 Å². The summed E-state index contributed by atoms with van der Waals surface area (Å²) in [6, 6.07) is 0.125. The second-order valence-corrected chi connectivity index (χ2v) is 5.17. The number of nitrogens with two attached hydrogens (primary N) is 1. The van der Waals surface area contributed by atoms with E-state index in [1.54, 1.807) is 0 Å². The number of ether oxygens (including phenoxy) is 1. The van der Waals surface area contributed by atoms with Crippen molar-refractivity contribution in [3.05, 3.63) is 5.82 Å². The average molecular weight is 289 g/mol. The lowest BCUT2D eigenvalue weighted by Gasteiger charge is -2.34. The molecule has 2 atom stereocenters. The van der Waals surface area contributed by atoms with Crippen LogP contribution in [0.2, 0.25) is 0 Å². The van der Waals surface area contributed by atoms with Gasteiger partial charge >= 0.3 is 0 Å². The second-order valence-electron chi connectivity index (χ2n) is 5.17. The molecule has 2 heterocycles. The summed E-state index contributed by atoms with van der Waals surface area (Å²) >= 11 is 0. The molecule has 1 aromatic heterocycles. The number of aromatic amines is 1. The third-order valence-electron chi connectivity index (χ3n) is 3.55. The largest absolute Gasteiger partial charge is 0.375 e. The van der Waals surface area contributed by atoms with Crippen molar-refractivity contribution in [1.82, 2.24) is 15.2 Å². The highest BCUT2D eigenvalue weighted by Gasteiger charge is 2.25. The van der Waals surface area contributed by atoms with Gasteiger partial charge in [-0.1, -0.05) is 6.92 Å². The fraction of sp³-hybridized carbons (Fsp3) is 0.833. The van der Waals surface area contributed by atoms with Gasteiger partial charge in [-0.25, -0.2) is 8.78 Å². The molecule has 0 amide bonds. The van der Waals surface area contributed by atoms with Gasteiger partial charge in [-0.15, -0.1) is 5.10 Å². The molecular weight excluding hydrogens is 268 g/mol. The molecule has 1 aliphatic rings. The first-order valence-electron chi connectivity index (χ1n) is 6.84. The van der Waals surface area contributed by atoms with E-state index in [0.717, 1.165) is 19.5 Å².